The number of hydrogen-bond acceptors (Lipinski definition) is 6. The second kappa shape index (κ2) is 12.8. The van der Waals surface area contributed by atoms with Crippen LogP contribution in [0.3, 0.4) is 0 Å². The first-order chi connectivity index (χ1) is 18.1. The van der Waals surface area contributed by atoms with Gasteiger partial charge in [0.2, 0.25) is 5.91 Å². The van der Waals surface area contributed by atoms with Gasteiger partial charge in [-0.2, -0.15) is 0 Å². The second-order valence-corrected chi connectivity index (χ2v) is 9.74. The topological polar surface area (TPSA) is 103 Å². The summed E-state index contributed by atoms with van der Waals surface area (Å²) in [6.07, 6.45) is -0.463. The van der Waals surface area contributed by atoms with Crippen molar-refractivity contribution in [1.29, 1.82) is 0 Å². The molecule has 2 amide bonds. The first kappa shape index (κ1) is 28.2. The maximum absolute atomic E-state index is 12.3. The van der Waals surface area contributed by atoms with Crippen LogP contribution in [0.5, 0.6) is 5.75 Å². The lowest BCUT2D eigenvalue weighted by atomic mass is 10.0. The number of amides is 2. The Kier molecular flexibility index (Phi) is 9.49. The lowest BCUT2D eigenvalue weighted by Crippen LogP contribution is -2.33. The molecule has 1 unspecified atom stereocenters. The summed E-state index contributed by atoms with van der Waals surface area (Å²) in [6, 6.07) is 21.9. The van der Waals surface area contributed by atoms with Crippen molar-refractivity contribution < 1.29 is 28.6 Å². The normalized spacial score (nSPS) is 11.7. The number of carbonyl (C=O) groups is 3. The summed E-state index contributed by atoms with van der Waals surface area (Å²) >= 11 is 0. The summed E-state index contributed by atoms with van der Waals surface area (Å²) in [5.41, 5.74) is 3.80. The Hall–Kier alpha value is -4.33. The summed E-state index contributed by atoms with van der Waals surface area (Å²) in [6.45, 7) is 7.40. The maximum atomic E-state index is 12.3. The molecule has 0 aliphatic rings. The van der Waals surface area contributed by atoms with E-state index in [1.54, 1.807) is 24.3 Å². The van der Waals surface area contributed by atoms with E-state index in [9.17, 15) is 14.4 Å². The van der Waals surface area contributed by atoms with Crippen LogP contribution in [0.2, 0.25) is 0 Å². The number of benzene rings is 3. The Labute approximate surface area is 223 Å². The monoisotopic (exact) mass is 518 g/mol. The third-order valence-electron chi connectivity index (χ3n) is 5.43. The highest BCUT2D eigenvalue weighted by Gasteiger charge is 2.25. The first-order valence-electron chi connectivity index (χ1n) is 12.3. The molecule has 8 heteroatoms. The van der Waals surface area contributed by atoms with Gasteiger partial charge < -0.3 is 24.8 Å². The molecule has 3 rings (SSSR count). The Balaban J connectivity index is 1.73. The number of nitrogens with one attached hydrogen (secondary N) is 2. The quantitative estimate of drug-likeness (QED) is 0.372. The Morgan fingerprint density at radius 2 is 1.50 bits per heavy atom. The highest BCUT2D eigenvalue weighted by molar-refractivity contribution is 5.85. The van der Waals surface area contributed by atoms with Gasteiger partial charge in [0.1, 0.15) is 18.0 Å². The minimum absolute atomic E-state index is 0.249. The van der Waals surface area contributed by atoms with Crippen LogP contribution in [0.25, 0.3) is 11.1 Å². The molecule has 38 heavy (non-hydrogen) atoms. The molecule has 0 saturated carbocycles. The van der Waals surface area contributed by atoms with Gasteiger partial charge in [-0.05, 0) is 61.2 Å². The van der Waals surface area contributed by atoms with Crippen molar-refractivity contribution >= 4 is 18.0 Å². The standard InChI is InChI=1S/C30H34N2O6/c1-20(33)32-27(28(34)36-5)25-14-6-7-15-26(25)37-19-22-11-9-13-24(17-22)23-12-8-10-21(16-23)18-31-29(35)38-30(2,3)4/h6-17,27H,18-19H2,1-5H3,(H,31,35)(H,32,33). The van der Waals surface area contributed by atoms with Crippen LogP contribution in [0.15, 0.2) is 72.8 Å². The molecule has 0 aromatic heterocycles. The number of para-hydroxylation sites is 1. The van der Waals surface area contributed by atoms with Crippen LogP contribution >= 0.6 is 0 Å². The van der Waals surface area contributed by atoms with Gasteiger partial charge in [-0.3, -0.25) is 4.79 Å². The molecule has 0 radical (unpaired) electrons. The summed E-state index contributed by atoms with van der Waals surface area (Å²) in [5, 5.41) is 5.40. The van der Waals surface area contributed by atoms with E-state index >= 15 is 0 Å². The van der Waals surface area contributed by atoms with E-state index in [1.165, 1.54) is 14.0 Å². The minimum Gasteiger partial charge on any atom is -0.489 e. The zero-order chi connectivity index (χ0) is 27.7. The van der Waals surface area contributed by atoms with Crippen LogP contribution in [0.4, 0.5) is 4.79 Å². The molecule has 3 aromatic carbocycles. The number of ether oxygens (including phenoxy) is 3. The SMILES string of the molecule is COC(=O)C(NC(C)=O)c1ccccc1OCc1cccc(-c2cccc(CNC(=O)OC(C)(C)C)c2)c1. The molecule has 0 fully saturated rings. The fraction of sp³-hybridized carbons (Fsp3) is 0.300. The second-order valence-electron chi connectivity index (χ2n) is 9.74. The van der Waals surface area contributed by atoms with Crippen molar-refractivity contribution in [2.45, 2.75) is 52.5 Å². The van der Waals surface area contributed by atoms with Crippen molar-refractivity contribution in [2.75, 3.05) is 7.11 Å². The van der Waals surface area contributed by atoms with E-state index in [-0.39, 0.29) is 12.5 Å². The molecule has 1 atom stereocenters. The number of hydrogen-bond donors (Lipinski definition) is 2. The highest BCUT2D eigenvalue weighted by Crippen LogP contribution is 2.28. The Morgan fingerprint density at radius 1 is 0.868 bits per heavy atom. The number of alkyl carbamates (subject to hydrolysis) is 1. The van der Waals surface area contributed by atoms with Gasteiger partial charge in [-0.15, -0.1) is 0 Å². The summed E-state index contributed by atoms with van der Waals surface area (Å²) in [5.74, 6) is -0.469. The molecular formula is C30H34N2O6. The third kappa shape index (κ3) is 8.37. The molecule has 0 bridgehead atoms. The fourth-order valence-electron chi connectivity index (χ4n) is 3.79. The van der Waals surface area contributed by atoms with Crippen molar-refractivity contribution in [1.82, 2.24) is 10.6 Å². The number of rotatable bonds is 9. The van der Waals surface area contributed by atoms with E-state index in [0.717, 1.165) is 22.3 Å². The van der Waals surface area contributed by atoms with Gasteiger partial charge in [0.05, 0.1) is 7.11 Å². The fourth-order valence-corrected chi connectivity index (χ4v) is 3.79. The molecular weight excluding hydrogens is 484 g/mol. The minimum atomic E-state index is -0.975. The number of carbonyl (C=O) groups excluding carboxylic acids is 3. The lowest BCUT2D eigenvalue weighted by molar-refractivity contribution is -0.145. The smallest absolute Gasteiger partial charge is 0.407 e. The largest absolute Gasteiger partial charge is 0.489 e. The highest BCUT2D eigenvalue weighted by atomic mass is 16.6. The Bertz CT molecular complexity index is 1280. The van der Waals surface area contributed by atoms with E-state index in [0.29, 0.717) is 17.9 Å². The molecule has 0 spiro atoms. The van der Waals surface area contributed by atoms with Gasteiger partial charge in [0, 0.05) is 19.0 Å². The predicted molar refractivity (Wildman–Crippen MR) is 144 cm³/mol. The van der Waals surface area contributed by atoms with Crippen molar-refractivity contribution in [3.05, 3.63) is 89.5 Å². The third-order valence-corrected chi connectivity index (χ3v) is 5.43. The number of methoxy groups -OCH3 is 1. The molecule has 3 aromatic rings. The lowest BCUT2D eigenvalue weighted by Gasteiger charge is -2.20. The average molecular weight is 519 g/mol. The zero-order valence-corrected chi connectivity index (χ0v) is 22.4. The van der Waals surface area contributed by atoms with Gasteiger partial charge in [-0.1, -0.05) is 54.6 Å². The maximum Gasteiger partial charge on any atom is 0.407 e. The summed E-state index contributed by atoms with van der Waals surface area (Å²) in [7, 11) is 1.27. The number of esters is 1. The molecule has 0 aliphatic heterocycles. The summed E-state index contributed by atoms with van der Waals surface area (Å²) in [4.78, 5) is 36.0. The van der Waals surface area contributed by atoms with Gasteiger partial charge in [-0.25, -0.2) is 9.59 Å². The molecule has 8 nitrogen and oxygen atoms in total. The van der Waals surface area contributed by atoms with Crippen LogP contribution in [-0.2, 0) is 32.2 Å². The van der Waals surface area contributed by atoms with Gasteiger partial charge >= 0.3 is 12.1 Å². The first-order valence-corrected chi connectivity index (χ1v) is 12.3. The zero-order valence-electron chi connectivity index (χ0n) is 22.4. The van der Waals surface area contributed by atoms with Crippen molar-refractivity contribution in [3.8, 4) is 16.9 Å². The van der Waals surface area contributed by atoms with Gasteiger partial charge in [0.25, 0.3) is 0 Å². The molecule has 0 aliphatic carbocycles. The molecule has 0 saturated heterocycles. The van der Waals surface area contributed by atoms with Crippen LogP contribution in [0, 0.1) is 0 Å². The van der Waals surface area contributed by atoms with Gasteiger partial charge in [0.15, 0.2) is 6.04 Å². The molecule has 0 heterocycles. The summed E-state index contributed by atoms with van der Waals surface area (Å²) < 4.78 is 16.3. The van der Waals surface area contributed by atoms with E-state index in [4.69, 9.17) is 14.2 Å². The predicted octanol–water partition coefficient (Wildman–Crippen LogP) is 5.31. The Morgan fingerprint density at radius 3 is 2.13 bits per heavy atom. The van der Waals surface area contributed by atoms with Crippen LogP contribution in [0.1, 0.15) is 50.4 Å². The molecule has 2 N–H and O–H groups in total. The average Bonchev–Trinajstić information content (AvgIpc) is 2.88. The van der Waals surface area contributed by atoms with Crippen LogP contribution < -0.4 is 15.4 Å². The van der Waals surface area contributed by atoms with Crippen molar-refractivity contribution in [3.63, 3.8) is 0 Å². The van der Waals surface area contributed by atoms with Crippen molar-refractivity contribution in [2.24, 2.45) is 0 Å². The van der Waals surface area contributed by atoms with E-state index in [1.807, 2.05) is 69.3 Å². The van der Waals surface area contributed by atoms with E-state index in [2.05, 4.69) is 10.6 Å². The van der Waals surface area contributed by atoms with Crippen LogP contribution in [-0.4, -0.2) is 30.7 Å². The molecule has 200 valence electrons. The van der Waals surface area contributed by atoms with E-state index < -0.39 is 23.7 Å².